The molecular weight excluding hydrogens is 388 g/mol. The number of halogens is 1. The Hall–Kier alpha value is -3.62. The van der Waals surface area contributed by atoms with Crippen molar-refractivity contribution in [2.75, 3.05) is 0 Å². The van der Waals surface area contributed by atoms with E-state index in [4.69, 9.17) is 11.6 Å². The molecule has 0 unspecified atom stereocenters. The first kappa shape index (κ1) is 17.3. The Labute approximate surface area is 179 Å². The Kier molecular flexibility index (Phi) is 3.87. The van der Waals surface area contributed by atoms with E-state index in [9.17, 15) is 0 Å². The van der Waals surface area contributed by atoms with Gasteiger partial charge in [-0.05, 0) is 35.9 Å². The summed E-state index contributed by atoms with van der Waals surface area (Å²) in [6.07, 6.45) is 2.14. The third-order valence-corrected chi connectivity index (χ3v) is 5.91. The number of aromatic nitrogens is 2. The Morgan fingerprint density at radius 1 is 0.633 bits per heavy atom. The maximum absolute atomic E-state index is 6.33. The molecular formula is C27H18ClN2+. The third-order valence-electron chi connectivity index (χ3n) is 5.67. The number of nitrogens with zero attached hydrogens (tertiary/aromatic N) is 2. The summed E-state index contributed by atoms with van der Waals surface area (Å²) >= 11 is 6.33. The number of hydrogen-bond acceptors (Lipinski definition) is 0. The molecule has 3 heteroatoms. The molecule has 0 fully saturated rings. The van der Waals surface area contributed by atoms with Crippen molar-refractivity contribution in [3.05, 3.63) is 114 Å². The molecule has 0 saturated heterocycles. The van der Waals surface area contributed by atoms with Crippen molar-refractivity contribution in [1.82, 2.24) is 4.40 Å². The predicted molar refractivity (Wildman–Crippen MR) is 124 cm³/mol. The van der Waals surface area contributed by atoms with Crippen LogP contribution in [0.2, 0.25) is 5.02 Å². The first-order valence-corrected chi connectivity index (χ1v) is 10.4. The van der Waals surface area contributed by atoms with Crippen molar-refractivity contribution in [3.8, 4) is 22.4 Å². The summed E-state index contributed by atoms with van der Waals surface area (Å²) in [5.74, 6) is 0. The molecule has 142 valence electrons. The van der Waals surface area contributed by atoms with Crippen LogP contribution >= 0.6 is 11.6 Å². The van der Waals surface area contributed by atoms with Crippen LogP contribution in [0.4, 0.5) is 0 Å². The Morgan fingerprint density at radius 2 is 1.33 bits per heavy atom. The van der Waals surface area contributed by atoms with Gasteiger partial charge in [-0.15, -0.1) is 0 Å². The molecule has 2 nitrogen and oxygen atoms in total. The van der Waals surface area contributed by atoms with E-state index in [2.05, 4.69) is 106 Å². The van der Waals surface area contributed by atoms with Gasteiger partial charge in [0, 0.05) is 22.0 Å². The van der Waals surface area contributed by atoms with E-state index < -0.39 is 0 Å². The Bertz CT molecular complexity index is 1530. The van der Waals surface area contributed by atoms with Crippen LogP contribution in [0.3, 0.4) is 0 Å². The summed E-state index contributed by atoms with van der Waals surface area (Å²) < 4.78 is 4.62. The number of hydrogen-bond donors (Lipinski definition) is 0. The van der Waals surface area contributed by atoms with Gasteiger partial charge in [0.2, 0.25) is 0 Å². The average molecular weight is 406 g/mol. The van der Waals surface area contributed by atoms with Crippen LogP contribution in [0.1, 0.15) is 0 Å². The second-order valence-corrected chi connectivity index (χ2v) is 7.89. The number of pyridine rings is 1. The topological polar surface area (TPSA) is 8.51 Å². The fourth-order valence-electron chi connectivity index (χ4n) is 4.43. The molecule has 0 bridgehead atoms. The zero-order valence-electron chi connectivity index (χ0n) is 16.2. The lowest BCUT2D eigenvalue weighted by Crippen LogP contribution is -2.28. The molecule has 0 N–H and O–H groups in total. The molecule has 0 spiro atoms. The van der Waals surface area contributed by atoms with Crippen molar-refractivity contribution in [2.45, 2.75) is 0 Å². The standard InChI is InChI=1S/C27H18ClN2/c28-22-14-15-23-21(17-22)18-24-26(19-9-3-1-4-10-19)27(20-11-5-2-6-12-20)29-16-8-7-13-25(29)30(23)24/h1-18H/q+1. The van der Waals surface area contributed by atoms with Gasteiger partial charge in [-0.25, -0.2) is 0 Å². The fourth-order valence-corrected chi connectivity index (χ4v) is 4.61. The van der Waals surface area contributed by atoms with Crippen LogP contribution in [0, 0.1) is 0 Å². The normalized spacial score (nSPS) is 11.5. The lowest BCUT2D eigenvalue weighted by molar-refractivity contribution is -0.501. The quantitative estimate of drug-likeness (QED) is 0.279. The highest BCUT2D eigenvalue weighted by molar-refractivity contribution is 6.31. The largest absolute Gasteiger partial charge is 0.292 e. The first-order chi connectivity index (χ1) is 14.8. The van der Waals surface area contributed by atoms with Crippen molar-refractivity contribution < 1.29 is 4.40 Å². The number of benzene rings is 3. The number of fused-ring (bicyclic) bond motifs is 5. The van der Waals surface area contributed by atoms with Crippen LogP contribution in [0.5, 0.6) is 0 Å². The van der Waals surface area contributed by atoms with Gasteiger partial charge in [0.25, 0.3) is 5.65 Å². The molecule has 0 aliphatic carbocycles. The monoisotopic (exact) mass is 405 g/mol. The van der Waals surface area contributed by atoms with Crippen LogP contribution in [-0.2, 0) is 0 Å². The molecule has 6 rings (SSSR count). The van der Waals surface area contributed by atoms with E-state index in [1.54, 1.807) is 0 Å². The lowest BCUT2D eigenvalue weighted by atomic mass is 9.98. The summed E-state index contributed by atoms with van der Waals surface area (Å²) in [7, 11) is 0. The van der Waals surface area contributed by atoms with E-state index in [1.165, 1.54) is 27.9 Å². The minimum atomic E-state index is 0.750. The summed E-state index contributed by atoms with van der Waals surface area (Å²) in [5, 5.41) is 1.88. The molecule has 0 aliphatic rings. The highest BCUT2D eigenvalue weighted by atomic mass is 35.5. The molecule has 6 aromatic rings. The molecule has 3 aromatic heterocycles. The highest BCUT2D eigenvalue weighted by Crippen LogP contribution is 2.37. The van der Waals surface area contributed by atoms with Gasteiger partial charge in [0.15, 0.2) is 5.69 Å². The first-order valence-electron chi connectivity index (χ1n) is 9.99. The minimum absolute atomic E-state index is 0.750. The van der Waals surface area contributed by atoms with Crippen molar-refractivity contribution in [2.24, 2.45) is 0 Å². The van der Waals surface area contributed by atoms with E-state index in [0.717, 1.165) is 21.6 Å². The molecule has 0 saturated carbocycles. The summed E-state index contributed by atoms with van der Waals surface area (Å²) in [6, 6.07) is 35.9. The molecule has 0 aliphatic heterocycles. The van der Waals surface area contributed by atoms with Crippen molar-refractivity contribution >= 4 is 33.7 Å². The van der Waals surface area contributed by atoms with Gasteiger partial charge in [-0.1, -0.05) is 78.3 Å². The second kappa shape index (κ2) is 6.72. The van der Waals surface area contributed by atoms with Gasteiger partial charge in [-0.3, -0.25) is 0 Å². The highest BCUT2D eigenvalue weighted by Gasteiger charge is 2.25. The second-order valence-electron chi connectivity index (χ2n) is 7.45. The van der Waals surface area contributed by atoms with E-state index >= 15 is 0 Å². The zero-order valence-corrected chi connectivity index (χ0v) is 16.9. The van der Waals surface area contributed by atoms with Gasteiger partial charge in [0.1, 0.15) is 11.0 Å². The van der Waals surface area contributed by atoms with E-state index in [-0.39, 0.29) is 0 Å². The Morgan fingerprint density at radius 3 is 2.10 bits per heavy atom. The van der Waals surface area contributed by atoms with Crippen molar-refractivity contribution in [1.29, 1.82) is 0 Å². The summed E-state index contributed by atoms with van der Waals surface area (Å²) in [6.45, 7) is 0. The van der Waals surface area contributed by atoms with Crippen molar-refractivity contribution in [3.63, 3.8) is 0 Å². The van der Waals surface area contributed by atoms with Crippen LogP contribution in [-0.4, -0.2) is 4.40 Å². The maximum Gasteiger partial charge on any atom is 0.292 e. The summed E-state index contributed by atoms with van der Waals surface area (Å²) in [5.41, 5.74) is 8.19. The van der Waals surface area contributed by atoms with E-state index in [1.807, 2.05) is 12.1 Å². The number of rotatable bonds is 2. The Balaban J connectivity index is 1.92. The fraction of sp³-hybridized carbons (Fsp3) is 0. The van der Waals surface area contributed by atoms with Crippen LogP contribution < -0.4 is 4.40 Å². The van der Waals surface area contributed by atoms with Crippen LogP contribution in [0.15, 0.2) is 109 Å². The molecule has 3 aromatic carbocycles. The third kappa shape index (κ3) is 2.54. The molecule has 0 amide bonds. The predicted octanol–water partition coefficient (Wildman–Crippen LogP) is 6.82. The van der Waals surface area contributed by atoms with Gasteiger partial charge < -0.3 is 0 Å². The minimum Gasteiger partial charge on any atom is -0.198 e. The maximum atomic E-state index is 6.33. The van der Waals surface area contributed by atoms with Gasteiger partial charge in [-0.2, -0.15) is 8.80 Å². The summed E-state index contributed by atoms with van der Waals surface area (Å²) in [4.78, 5) is 0. The van der Waals surface area contributed by atoms with Gasteiger partial charge >= 0.3 is 0 Å². The van der Waals surface area contributed by atoms with E-state index in [0.29, 0.717) is 0 Å². The zero-order chi connectivity index (χ0) is 20.1. The van der Waals surface area contributed by atoms with Crippen LogP contribution in [0.25, 0.3) is 44.5 Å². The molecule has 0 atom stereocenters. The molecule has 30 heavy (non-hydrogen) atoms. The average Bonchev–Trinajstić information content (AvgIpc) is 3.17. The van der Waals surface area contributed by atoms with Gasteiger partial charge in [0.05, 0.1) is 11.8 Å². The molecule has 0 radical (unpaired) electrons. The molecule has 3 heterocycles. The smallest absolute Gasteiger partial charge is 0.198 e. The SMILES string of the molecule is Clc1ccc2c(c1)cc1c(-c3ccccc3)c(-c3ccccc3)[n+]3ccccc3n12. The lowest BCUT2D eigenvalue weighted by Gasteiger charge is -2.12.